The van der Waals surface area contributed by atoms with Crippen molar-refractivity contribution in [3.05, 3.63) is 0 Å². The van der Waals surface area contributed by atoms with E-state index in [1.807, 2.05) is 0 Å². The summed E-state index contributed by atoms with van der Waals surface area (Å²) >= 11 is 0. The summed E-state index contributed by atoms with van der Waals surface area (Å²) in [5.41, 5.74) is 0. The van der Waals surface area contributed by atoms with Crippen molar-refractivity contribution in [2.24, 2.45) is 23.7 Å². The van der Waals surface area contributed by atoms with Gasteiger partial charge in [0, 0.05) is 43.7 Å². The maximum absolute atomic E-state index is 13.6. The van der Waals surface area contributed by atoms with Crippen LogP contribution in [-0.4, -0.2) is 85.7 Å². The molecule has 0 aromatic heterocycles. The van der Waals surface area contributed by atoms with E-state index in [0.29, 0.717) is 24.7 Å². The fourth-order valence-electron chi connectivity index (χ4n) is 7.34. The third-order valence-electron chi connectivity index (χ3n) is 9.71. The van der Waals surface area contributed by atoms with Crippen molar-refractivity contribution in [2.75, 3.05) is 33.7 Å². The Balaban J connectivity index is 1.42. The van der Waals surface area contributed by atoms with Crippen LogP contribution in [0.4, 0.5) is 0 Å². The van der Waals surface area contributed by atoms with Gasteiger partial charge in [-0.3, -0.25) is 9.59 Å². The summed E-state index contributed by atoms with van der Waals surface area (Å²) in [6.07, 6.45) is 10.5. The quantitative estimate of drug-likeness (QED) is 0.574. The minimum Gasteiger partial charge on any atom is -0.375 e. The first kappa shape index (κ1) is 26.9. The standard InChI is InChI=1S/C28H50N4O3/c1-18-14-19(2)30-28(34)25(18)17-29-27(33)24-15-23(35-22-10-12-31(4)13-11-22)16-26(20(24)3)32(5)21-8-6-7-9-21/h18-26H,6-17H2,1-5H3,(H,29,33)(H,30,34)/t18?,19?,20-,23?,24?,25?,26+/m0/s1. The lowest BCUT2D eigenvalue weighted by molar-refractivity contribution is -0.138. The predicted octanol–water partition coefficient (Wildman–Crippen LogP) is 3.03. The average molecular weight is 491 g/mol. The lowest BCUT2D eigenvalue weighted by Gasteiger charge is -2.46. The second-order valence-electron chi connectivity index (χ2n) is 12.3. The van der Waals surface area contributed by atoms with Gasteiger partial charge in [-0.25, -0.2) is 0 Å². The number of carbonyl (C=O) groups excluding carboxylic acids is 2. The first-order valence-corrected chi connectivity index (χ1v) is 14.4. The molecule has 2 amide bonds. The minimum absolute atomic E-state index is 0.0743. The third-order valence-corrected chi connectivity index (χ3v) is 9.71. The lowest BCUT2D eigenvalue weighted by Crippen LogP contribution is -2.55. The van der Waals surface area contributed by atoms with Gasteiger partial charge in [-0.1, -0.05) is 26.7 Å². The zero-order valence-corrected chi connectivity index (χ0v) is 22.8. The van der Waals surface area contributed by atoms with E-state index in [1.165, 1.54) is 25.7 Å². The Bertz CT molecular complexity index is 719. The molecule has 2 heterocycles. The zero-order valence-electron chi connectivity index (χ0n) is 22.8. The van der Waals surface area contributed by atoms with E-state index in [2.05, 4.69) is 55.3 Å². The molecule has 4 fully saturated rings. The molecule has 4 rings (SSSR count). The van der Waals surface area contributed by atoms with Crippen LogP contribution in [-0.2, 0) is 14.3 Å². The molecule has 0 spiro atoms. The molecule has 7 heteroatoms. The molecule has 2 aliphatic heterocycles. The van der Waals surface area contributed by atoms with Gasteiger partial charge in [0.1, 0.15) is 0 Å². The highest BCUT2D eigenvalue weighted by Crippen LogP contribution is 2.38. The molecule has 5 unspecified atom stereocenters. The minimum atomic E-state index is -0.141. The Labute approximate surface area is 213 Å². The normalized spacial score (nSPS) is 38.0. The molecular weight excluding hydrogens is 440 g/mol. The van der Waals surface area contributed by atoms with E-state index in [4.69, 9.17) is 4.74 Å². The van der Waals surface area contributed by atoms with E-state index in [0.717, 1.165) is 45.2 Å². The molecule has 2 saturated heterocycles. The van der Waals surface area contributed by atoms with Crippen LogP contribution in [0.3, 0.4) is 0 Å². The smallest absolute Gasteiger partial charge is 0.225 e. The average Bonchev–Trinajstić information content (AvgIpc) is 3.35. The van der Waals surface area contributed by atoms with Gasteiger partial charge in [0.05, 0.1) is 18.1 Å². The number of carbonyl (C=O) groups is 2. The number of hydrogen-bond acceptors (Lipinski definition) is 5. The highest BCUT2D eigenvalue weighted by Gasteiger charge is 2.44. The summed E-state index contributed by atoms with van der Waals surface area (Å²) in [7, 11) is 4.46. The van der Waals surface area contributed by atoms with E-state index < -0.39 is 0 Å². The highest BCUT2D eigenvalue weighted by molar-refractivity contribution is 5.83. The molecule has 35 heavy (non-hydrogen) atoms. The van der Waals surface area contributed by atoms with Gasteiger partial charge in [-0.15, -0.1) is 0 Å². The SMILES string of the molecule is CC1CC(C)C(CNC(=O)C2CC(OC3CCN(C)CC3)C[C@@H](N(C)C3CCCC3)[C@H]2C)C(=O)N1. The number of likely N-dealkylation sites (tertiary alicyclic amines) is 1. The number of rotatable bonds is 7. The summed E-state index contributed by atoms with van der Waals surface area (Å²) in [4.78, 5) is 31.1. The van der Waals surface area contributed by atoms with Crippen molar-refractivity contribution in [3.8, 4) is 0 Å². The number of amides is 2. The number of piperidine rings is 2. The van der Waals surface area contributed by atoms with E-state index in [-0.39, 0.29) is 47.6 Å². The Morgan fingerprint density at radius 1 is 1.06 bits per heavy atom. The molecule has 0 aromatic rings. The van der Waals surface area contributed by atoms with Crippen LogP contribution in [0.5, 0.6) is 0 Å². The van der Waals surface area contributed by atoms with Crippen molar-refractivity contribution in [1.82, 2.24) is 20.4 Å². The molecule has 0 bridgehead atoms. The molecule has 200 valence electrons. The first-order chi connectivity index (χ1) is 16.7. The molecule has 0 aromatic carbocycles. The van der Waals surface area contributed by atoms with E-state index in [9.17, 15) is 9.59 Å². The van der Waals surface area contributed by atoms with Crippen molar-refractivity contribution >= 4 is 11.8 Å². The van der Waals surface area contributed by atoms with Gasteiger partial charge < -0.3 is 25.2 Å². The summed E-state index contributed by atoms with van der Waals surface area (Å²) in [5, 5.41) is 6.27. The molecule has 7 atom stereocenters. The zero-order chi connectivity index (χ0) is 25.1. The fourth-order valence-corrected chi connectivity index (χ4v) is 7.34. The van der Waals surface area contributed by atoms with Crippen molar-refractivity contribution < 1.29 is 14.3 Å². The number of nitrogens with one attached hydrogen (secondary N) is 2. The maximum Gasteiger partial charge on any atom is 0.225 e. The van der Waals surface area contributed by atoms with Gasteiger partial charge in [-0.05, 0) is 77.8 Å². The van der Waals surface area contributed by atoms with Gasteiger partial charge in [0.2, 0.25) is 11.8 Å². The van der Waals surface area contributed by atoms with Gasteiger partial charge in [0.15, 0.2) is 0 Å². The molecule has 0 radical (unpaired) electrons. The van der Waals surface area contributed by atoms with Crippen LogP contribution in [0.25, 0.3) is 0 Å². The van der Waals surface area contributed by atoms with Crippen LogP contribution < -0.4 is 10.6 Å². The Morgan fingerprint density at radius 3 is 2.40 bits per heavy atom. The summed E-state index contributed by atoms with van der Waals surface area (Å²) < 4.78 is 6.70. The number of nitrogens with zero attached hydrogens (tertiary/aromatic N) is 2. The van der Waals surface area contributed by atoms with Crippen LogP contribution in [0.2, 0.25) is 0 Å². The van der Waals surface area contributed by atoms with Gasteiger partial charge in [0.25, 0.3) is 0 Å². The summed E-state index contributed by atoms with van der Waals surface area (Å²) in [6, 6.07) is 1.20. The molecular formula is C28H50N4O3. The second kappa shape index (κ2) is 11.9. The van der Waals surface area contributed by atoms with Crippen LogP contribution in [0.15, 0.2) is 0 Å². The predicted molar refractivity (Wildman–Crippen MR) is 139 cm³/mol. The Hall–Kier alpha value is -1.18. The first-order valence-electron chi connectivity index (χ1n) is 14.4. The Morgan fingerprint density at radius 2 is 1.74 bits per heavy atom. The van der Waals surface area contributed by atoms with Crippen LogP contribution in [0, 0.1) is 23.7 Å². The van der Waals surface area contributed by atoms with Crippen molar-refractivity contribution in [3.63, 3.8) is 0 Å². The fraction of sp³-hybridized carbons (Fsp3) is 0.929. The third kappa shape index (κ3) is 6.58. The van der Waals surface area contributed by atoms with Crippen LogP contribution >= 0.6 is 0 Å². The molecule has 2 aliphatic carbocycles. The molecule has 2 N–H and O–H groups in total. The second-order valence-corrected chi connectivity index (χ2v) is 12.3. The lowest BCUT2D eigenvalue weighted by atomic mass is 9.73. The molecule has 4 aliphatic rings. The highest BCUT2D eigenvalue weighted by atomic mass is 16.5. The molecule has 2 saturated carbocycles. The van der Waals surface area contributed by atoms with Gasteiger partial charge >= 0.3 is 0 Å². The summed E-state index contributed by atoms with van der Waals surface area (Å²) in [5.74, 6) is 0.528. The van der Waals surface area contributed by atoms with E-state index in [1.54, 1.807) is 0 Å². The maximum atomic E-state index is 13.6. The molecule has 7 nitrogen and oxygen atoms in total. The Kier molecular flexibility index (Phi) is 9.14. The van der Waals surface area contributed by atoms with Crippen molar-refractivity contribution in [1.29, 1.82) is 0 Å². The van der Waals surface area contributed by atoms with Crippen LogP contribution in [0.1, 0.15) is 78.6 Å². The summed E-state index contributed by atoms with van der Waals surface area (Å²) in [6.45, 7) is 9.06. The van der Waals surface area contributed by atoms with Crippen molar-refractivity contribution in [2.45, 2.75) is 109 Å². The number of ether oxygens (including phenoxy) is 1. The largest absolute Gasteiger partial charge is 0.375 e. The monoisotopic (exact) mass is 490 g/mol. The number of hydrogen-bond donors (Lipinski definition) is 2. The topological polar surface area (TPSA) is 73.9 Å². The van der Waals surface area contributed by atoms with Gasteiger partial charge in [-0.2, -0.15) is 0 Å². The van der Waals surface area contributed by atoms with E-state index >= 15 is 0 Å².